The van der Waals surface area contributed by atoms with E-state index in [9.17, 15) is 4.39 Å². The van der Waals surface area contributed by atoms with Crippen LogP contribution in [0.5, 0.6) is 17.4 Å². The number of ether oxygens (including phenoxy) is 2. The van der Waals surface area contributed by atoms with Crippen molar-refractivity contribution in [3.8, 4) is 17.4 Å². The lowest BCUT2D eigenvalue weighted by Gasteiger charge is -2.11. The number of aliphatic hydroxyl groups is 1. The number of anilines is 1. The second-order valence-corrected chi connectivity index (χ2v) is 4.12. The number of halogens is 1. The number of nitrogens with one attached hydrogen (secondary N) is 1. The third kappa shape index (κ3) is 3.57. The number of hydrogen-bond acceptors (Lipinski definition) is 6. The lowest BCUT2D eigenvalue weighted by Crippen LogP contribution is -2.04. The van der Waals surface area contributed by atoms with Gasteiger partial charge in [0.25, 0.3) is 5.88 Å². The molecule has 2 rings (SSSR count). The summed E-state index contributed by atoms with van der Waals surface area (Å²) in [4.78, 5) is 7.75. The number of aliphatic hydroxyl groups excluding tert-OH is 1. The molecule has 0 saturated heterocycles. The molecule has 2 N–H and O–H groups in total. The topological polar surface area (TPSA) is 76.5 Å². The van der Waals surface area contributed by atoms with E-state index in [1.165, 1.54) is 7.11 Å². The van der Waals surface area contributed by atoms with Crippen molar-refractivity contribution in [3.63, 3.8) is 0 Å². The minimum atomic E-state index is -0.676. The van der Waals surface area contributed by atoms with Gasteiger partial charge in [-0.1, -0.05) is 6.07 Å². The van der Waals surface area contributed by atoms with Crippen LogP contribution in [0.2, 0.25) is 0 Å². The smallest absolute Gasteiger partial charge is 0.261 e. The number of hydrogen-bond donors (Lipinski definition) is 2. The van der Waals surface area contributed by atoms with Crippen LogP contribution in [-0.2, 0) is 6.61 Å². The molecule has 21 heavy (non-hydrogen) atoms. The average Bonchev–Trinajstić information content (AvgIpc) is 2.51. The fourth-order valence-electron chi connectivity index (χ4n) is 1.67. The van der Waals surface area contributed by atoms with Crippen LogP contribution < -0.4 is 14.8 Å². The normalized spacial score (nSPS) is 10.3. The fourth-order valence-corrected chi connectivity index (χ4v) is 1.67. The van der Waals surface area contributed by atoms with Crippen LogP contribution in [0.4, 0.5) is 10.3 Å². The van der Waals surface area contributed by atoms with E-state index in [0.717, 1.165) is 6.20 Å². The summed E-state index contributed by atoms with van der Waals surface area (Å²) in [6.07, 6.45) is 1.04. The van der Waals surface area contributed by atoms with Crippen molar-refractivity contribution < 1.29 is 19.0 Å². The van der Waals surface area contributed by atoms with Gasteiger partial charge < -0.3 is 19.9 Å². The van der Waals surface area contributed by atoms with E-state index < -0.39 is 5.82 Å². The van der Waals surface area contributed by atoms with Crippen LogP contribution in [-0.4, -0.2) is 28.7 Å². The second-order valence-electron chi connectivity index (χ2n) is 4.12. The molecule has 0 bridgehead atoms. The Bertz CT molecular complexity index is 622. The van der Waals surface area contributed by atoms with Crippen molar-refractivity contribution in [2.45, 2.75) is 13.5 Å². The lowest BCUT2D eigenvalue weighted by atomic mass is 10.2. The van der Waals surface area contributed by atoms with E-state index in [1.807, 2.05) is 6.92 Å². The molecule has 112 valence electrons. The zero-order valence-corrected chi connectivity index (χ0v) is 11.8. The van der Waals surface area contributed by atoms with Gasteiger partial charge in [0.05, 0.1) is 19.9 Å². The molecule has 0 atom stereocenters. The Morgan fingerprint density at radius 1 is 1.33 bits per heavy atom. The molecule has 0 aliphatic heterocycles. The van der Waals surface area contributed by atoms with Crippen LogP contribution in [0.15, 0.2) is 24.4 Å². The van der Waals surface area contributed by atoms with Crippen LogP contribution in [0, 0.1) is 5.82 Å². The van der Waals surface area contributed by atoms with Gasteiger partial charge in [0.15, 0.2) is 11.5 Å². The standard InChI is InChI=1S/C14H16FN3O3/c1-3-16-14-17-7-10(15)13(18-14)21-11-5-4-9(8-19)6-12(11)20-2/h4-7,19H,3,8H2,1-2H3,(H,16,17,18). The third-order valence-electron chi connectivity index (χ3n) is 2.66. The highest BCUT2D eigenvalue weighted by Gasteiger charge is 2.13. The zero-order chi connectivity index (χ0) is 15.2. The highest BCUT2D eigenvalue weighted by atomic mass is 19.1. The first kappa shape index (κ1) is 15.0. The molecule has 1 aromatic carbocycles. The van der Waals surface area contributed by atoms with Crippen LogP contribution in [0.25, 0.3) is 0 Å². The Kier molecular flexibility index (Phi) is 4.89. The summed E-state index contributed by atoms with van der Waals surface area (Å²) in [6, 6.07) is 4.85. The molecule has 0 unspecified atom stereocenters. The Labute approximate surface area is 121 Å². The Hall–Kier alpha value is -2.41. The van der Waals surface area contributed by atoms with E-state index in [1.54, 1.807) is 18.2 Å². The van der Waals surface area contributed by atoms with Crippen LogP contribution in [0.3, 0.4) is 0 Å². The predicted molar refractivity (Wildman–Crippen MR) is 75.1 cm³/mol. The SMILES string of the molecule is CCNc1ncc(F)c(Oc2ccc(CO)cc2OC)n1. The van der Waals surface area contributed by atoms with E-state index in [4.69, 9.17) is 14.6 Å². The second kappa shape index (κ2) is 6.85. The molecule has 0 amide bonds. The molecule has 7 heteroatoms. The van der Waals surface area contributed by atoms with E-state index in [0.29, 0.717) is 23.6 Å². The summed E-state index contributed by atoms with van der Waals surface area (Å²) < 4.78 is 24.3. The zero-order valence-electron chi connectivity index (χ0n) is 11.8. The molecule has 6 nitrogen and oxygen atoms in total. The minimum Gasteiger partial charge on any atom is -0.493 e. The maximum absolute atomic E-state index is 13.7. The first-order valence-corrected chi connectivity index (χ1v) is 6.40. The fraction of sp³-hybridized carbons (Fsp3) is 0.286. The Balaban J connectivity index is 2.31. The number of methoxy groups -OCH3 is 1. The minimum absolute atomic E-state index is 0.122. The van der Waals surface area contributed by atoms with Gasteiger partial charge in [0.1, 0.15) is 0 Å². The van der Waals surface area contributed by atoms with E-state index >= 15 is 0 Å². The van der Waals surface area contributed by atoms with Gasteiger partial charge >= 0.3 is 0 Å². The molecule has 0 aliphatic carbocycles. The maximum atomic E-state index is 13.7. The monoisotopic (exact) mass is 293 g/mol. The molecule has 0 aliphatic rings. The maximum Gasteiger partial charge on any atom is 0.261 e. The first-order valence-electron chi connectivity index (χ1n) is 6.40. The van der Waals surface area contributed by atoms with Gasteiger partial charge in [-0.15, -0.1) is 0 Å². The summed E-state index contributed by atoms with van der Waals surface area (Å²) in [5.41, 5.74) is 0.663. The predicted octanol–water partition coefficient (Wildman–Crippen LogP) is 2.34. The number of nitrogens with zero attached hydrogens (tertiary/aromatic N) is 2. The molecule has 1 aromatic heterocycles. The summed E-state index contributed by atoms with van der Waals surface area (Å²) in [7, 11) is 1.46. The molecule has 2 aromatic rings. The highest BCUT2D eigenvalue weighted by molar-refractivity contribution is 5.45. The third-order valence-corrected chi connectivity index (χ3v) is 2.66. The van der Waals surface area contributed by atoms with Crippen molar-refractivity contribution in [3.05, 3.63) is 35.8 Å². The molecule has 1 heterocycles. The largest absolute Gasteiger partial charge is 0.493 e. The van der Waals surface area contributed by atoms with Gasteiger partial charge in [-0.25, -0.2) is 4.98 Å². The Morgan fingerprint density at radius 2 is 2.14 bits per heavy atom. The summed E-state index contributed by atoms with van der Waals surface area (Å²) in [5, 5.41) is 12.0. The summed E-state index contributed by atoms with van der Waals surface area (Å²) >= 11 is 0. The van der Waals surface area contributed by atoms with Gasteiger partial charge in [-0.3, -0.25) is 0 Å². The van der Waals surface area contributed by atoms with Crippen LogP contribution >= 0.6 is 0 Å². The molecule has 0 spiro atoms. The van der Waals surface area contributed by atoms with Crippen molar-refractivity contribution >= 4 is 5.95 Å². The molecular weight excluding hydrogens is 277 g/mol. The van der Waals surface area contributed by atoms with Gasteiger partial charge in [-0.05, 0) is 24.6 Å². The Morgan fingerprint density at radius 3 is 2.81 bits per heavy atom. The van der Waals surface area contributed by atoms with Gasteiger partial charge in [0.2, 0.25) is 11.8 Å². The van der Waals surface area contributed by atoms with E-state index in [2.05, 4.69) is 15.3 Å². The molecule has 0 fully saturated rings. The average molecular weight is 293 g/mol. The summed E-state index contributed by atoms with van der Waals surface area (Å²) in [6.45, 7) is 2.37. The lowest BCUT2D eigenvalue weighted by molar-refractivity contribution is 0.280. The number of rotatable bonds is 6. The quantitative estimate of drug-likeness (QED) is 0.851. The summed E-state index contributed by atoms with van der Waals surface area (Å²) in [5.74, 6) is 0.0834. The highest BCUT2D eigenvalue weighted by Crippen LogP contribution is 2.32. The van der Waals surface area contributed by atoms with Crippen molar-refractivity contribution in [1.82, 2.24) is 9.97 Å². The van der Waals surface area contributed by atoms with Crippen molar-refractivity contribution in [2.75, 3.05) is 19.0 Å². The van der Waals surface area contributed by atoms with E-state index in [-0.39, 0.29) is 18.4 Å². The first-order chi connectivity index (χ1) is 10.2. The van der Waals surface area contributed by atoms with Crippen LogP contribution in [0.1, 0.15) is 12.5 Å². The number of aromatic nitrogens is 2. The van der Waals surface area contributed by atoms with Crippen molar-refractivity contribution in [1.29, 1.82) is 0 Å². The molecular formula is C14H16FN3O3. The van der Waals surface area contributed by atoms with Gasteiger partial charge in [0, 0.05) is 6.54 Å². The van der Waals surface area contributed by atoms with Gasteiger partial charge in [-0.2, -0.15) is 9.37 Å². The molecule has 0 radical (unpaired) electrons. The van der Waals surface area contributed by atoms with Crippen molar-refractivity contribution in [2.24, 2.45) is 0 Å². The molecule has 0 saturated carbocycles. The number of benzene rings is 1.